The van der Waals surface area contributed by atoms with Crippen LogP contribution in [0.4, 0.5) is 0 Å². The Bertz CT molecular complexity index is 1370. The Morgan fingerprint density at radius 1 is 1.03 bits per heavy atom. The van der Waals surface area contributed by atoms with E-state index in [1.165, 1.54) is 7.11 Å². The minimum atomic E-state index is -0.594. The molecule has 1 aliphatic rings. The first kappa shape index (κ1) is 20.5. The summed E-state index contributed by atoms with van der Waals surface area (Å²) in [6.45, 7) is 3.53. The van der Waals surface area contributed by atoms with Crippen molar-refractivity contribution in [1.82, 2.24) is 14.9 Å². The number of likely N-dealkylation sites (tertiary alicyclic amines) is 1. The normalized spacial score (nSPS) is 19.4. The highest BCUT2D eigenvalue weighted by Gasteiger charge is 2.42. The number of nitrogens with one attached hydrogen (secondary N) is 2. The van der Waals surface area contributed by atoms with Gasteiger partial charge in [0, 0.05) is 23.0 Å². The number of hydrogen-bond donors (Lipinski definition) is 2. The molecule has 6 heteroatoms. The van der Waals surface area contributed by atoms with E-state index in [0.29, 0.717) is 12.1 Å². The van der Waals surface area contributed by atoms with Crippen molar-refractivity contribution in [1.29, 1.82) is 0 Å². The number of methoxy groups -OCH3 is 1. The van der Waals surface area contributed by atoms with Crippen molar-refractivity contribution >= 4 is 27.8 Å². The van der Waals surface area contributed by atoms with Crippen LogP contribution in [0.5, 0.6) is 0 Å². The van der Waals surface area contributed by atoms with E-state index in [2.05, 4.69) is 27.0 Å². The summed E-state index contributed by atoms with van der Waals surface area (Å²) in [5, 5.41) is 2.04. The highest BCUT2D eigenvalue weighted by atomic mass is 16.5. The van der Waals surface area contributed by atoms with E-state index in [-0.39, 0.29) is 11.5 Å². The van der Waals surface area contributed by atoms with Crippen molar-refractivity contribution in [2.24, 2.45) is 0 Å². The number of pyridine rings is 1. The lowest BCUT2D eigenvalue weighted by Gasteiger charge is -2.42. The molecule has 0 aliphatic carbocycles. The van der Waals surface area contributed by atoms with Gasteiger partial charge in [-0.3, -0.25) is 14.5 Å². The molecule has 4 aromatic rings. The van der Waals surface area contributed by atoms with Gasteiger partial charge in [-0.05, 0) is 74.0 Å². The number of piperidine rings is 1. The SMILES string of the molecule is COC(=O)C1(C)CCCCN1Cc1ccc2[nH]c(-c3cc4ccccc4[nH]c3=O)cc2c1. The number of aromatic amines is 2. The lowest BCUT2D eigenvalue weighted by molar-refractivity contribution is -0.157. The highest BCUT2D eigenvalue weighted by molar-refractivity contribution is 5.89. The van der Waals surface area contributed by atoms with E-state index in [0.717, 1.165) is 58.9 Å². The van der Waals surface area contributed by atoms with Gasteiger partial charge >= 0.3 is 5.97 Å². The van der Waals surface area contributed by atoms with Crippen LogP contribution in [0.25, 0.3) is 33.1 Å². The molecular formula is C26H27N3O3. The molecule has 0 saturated carbocycles. The van der Waals surface area contributed by atoms with Gasteiger partial charge in [0.2, 0.25) is 0 Å². The minimum Gasteiger partial charge on any atom is -0.468 e. The summed E-state index contributed by atoms with van der Waals surface area (Å²) < 4.78 is 5.11. The Morgan fingerprint density at radius 3 is 2.69 bits per heavy atom. The van der Waals surface area contributed by atoms with Gasteiger partial charge in [-0.1, -0.05) is 24.3 Å². The molecule has 6 nitrogen and oxygen atoms in total. The summed E-state index contributed by atoms with van der Waals surface area (Å²) >= 11 is 0. The topological polar surface area (TPSA) is 78.2 Å². The maximum atomic E-state index is 12.7. The number of nitrogens with zero attached hydrogens (tertiary/aromatic N) is 1. The first-order valence-corrected chi connectivity index (χ1v) is 11.1. The molecule has 3 heterocycles. The van der Waals surface area contributed by atoms with Crippen LogP contribution in [0.2, 0.25) is 0 Å². The zero-order valence-corrected chi connectivity index (χ0v) is 18.4. The van der Waals surface area contributed by atoms with E-state index in [1.54, 1.807) is 0 Å². The number of benzene rings is 2. The Balaban J connectivity index is 1.48. The maximum Gasteiger partial charge on any atom is 0.325 e. The van der Waals surface area contributed by atoms with Crippen LogP contribution in [0.15, 0.2) is 59.4 Å². The number of H-pyrrole nitrogens is 2. The smallest absolute Gasteiger partial charge is 0.325 e. The third-order valence-electron chi connectivity index (χ3n) is 6.77. The van der Waals surface area contributed by atoms with E-state index in [9.17, 15) is 9.59 Å². The van der Waals surface area contributed by atoms with Gasteiger partial charge in [-0.15, -0.1) is 0 Å². The van der Waals surface area contributed by atoms with Gasteiger partial charge in [0.1, 0.15) is 5.54 Å². The van der Waals surface area contributed by atoms with Crippen molar-refractivity contribution in [3.63, 3.8) is 0 Å². The summed E-state index contributed by atoms with van der Waals surface area (Å²) in [6, 6.07) is 18.0. The number of aromatic nitrogens is 2. The van der Waals surface area contributed by atoms with E-state index >= 15 is 0 Å². The van der Waals surface area contributed by atoms with Crippen LogP contribution in [0.3, 0.4) is 0 Å². The zero-order valence-electron chi connectivity index (χ0n) is 18.4. The standard InChI is InChI=1S/C26H27N3O3/c1-26(25(31)32-2)11-5-6-12-29(26)16-17-9-10-22-19(13-17)15-23(27-22)20-14-18-7-3-4-8-21(18)28-24(20)30/h3-4,7-10,13-15,27H,5-6,11-12,16H2,1-2H3,(H,28,30). The average molecular weight is 430 g/mol. The predicted octanol–water partition coefficient (Wildman–Crippen LogP) is 4.59. The fourth-order valence-electron chi connectivity index (χ4n) is 4.87. The van der Waals surface area contributed by atoms with Crippen LogP contribution in [0, 0.1) is 0 Å². The summed E-state index contributed by atoms with van der Waals surface area (Å²) in [5.41, 5.74) is 3.65. The van der Waals surface area contributed by atoms with Crippen LogP contribution < -0.4 is 5.56 Å². The molecule has 2 aromatic carbocycles. The first-order valence-electron chi connectivity index (χ1n) is 11.1. The molecule has 1 aliphatic heterocycles. The summed E-state index contributed by atoms with van der Waals surface area (Å²) in [4.78, 5) is 33.7. The number of carbonyl (C=O) groups is 1. The van der Waals surface area contributed by atoms with Gasteiger partial charge in [0.05, 0.1) is 18.4 Å². The monoisotopic (exact) mass is 429 g/mol. The molecule has 1 unspecified atom stereocenters. The molecule has 2 N–H and O–H groups in total. The molecular weight excluding hydrogens is 402 g/mol. The van der Waals surface area contributed by atoms with Crippen LogP contribution in [-0.2, 0) is 16.1 Å². The third kappa shape index (κ3) is 3.50. The number of carbonyl (C=O) groups excluding carboxylic acids is 1. The molecule has 0 bridgehead atoms. The number of hydrogen-bond acceptors (Lipinski definition) is 4. The fourth-order valence-corrected chi connectivity index (χ4v) is 4.87. The Kier molecular flexibility index (Phi) is 5.10. The number of esters is 1. The third-order valence-corrected chi connectivity index (χ3v) is 6.77. The molecule has 2 aromatic heterocycles. The van der Waals surface area contributed by atoms with Crippen molar-refractivity contribution in [3.8, 4) is 11.3 Å². The Morgan fingerprint density at radius 2 is 1.84 bits per heavy atom. The maximum absolute atomic E-state index is 12.7. The number of para-hydroxylation sites is 1. The van der Waals surface area contributed by atoms with Gasteiger partial charge in [-0.2, -0.15) is 0 Å². The van der Waals surface area contributed by atoms with Crippen molar-refractivity contribution in [3.05, 3.63) is 70.5 Å². The Labute approximate surface area is 186 Å². The van der Waals surface area contributed by atoms with Crippen LogP contribution in [-0.4, -0.2) is 40.0 Å². The van der Waals surface area contributed by atoms with E-state index < -0.39 is 5.54 Å². The molecule has 0 amide bonds. The van der Waals surface area contributed by atoms with Crippen molar-refractivity contribution in [2.75, 3.05) is 13.7 Å². The zero-order chi connectivity index (χ0) is 22.3. The number of ether oxygens (including phenoxy) is 1. The molecule has 0 spiro atoms. The van der Waals surface area contributed by atoms with Gasteiger partial charge in [0.15, 0.2) is 0 Å². The number of fused-ring (bicyclic) bond motifs is 2. The van der Waals surface area contributed by atoms with Gasteiger partial charge in [-0.25, -0.2) is 0 Å². The second-order valence-corrected chi connectivity index (χ2v) is 8.85. The number of rotatable bonds is 4. The minimum absolute atomic E-state index is 0.113. The quantitative estimate of drug-likeness (QED) is 0.465. The van der Waals surface area contributed by atoms with E-state index in [4.69, 9.17) is 4.74 Å². The highest BCUT2D eigenvalue weighted by Crippen LogP contribution is 2.32. The molecule has 0 radical (unpaired) electrons. The lowest BCUT2D eigenvalue weighted by Crippen LogP contribution is -2.55. The van der Waals surface area contributed by atoms with E-state index in [1.807, 2.05) is 49.4 Å². The van der Waals surface area contributed by atoms with Crippen LogP contribution >= 0.6 is 0 Å². The van der Waals surface area contributed by atoms with Crippen molar-refractivity contribution < 1.29 is 9.53 Å². The molecule has 1 fully saturated rings. The molecule has 164 valence electrons. The largest absolute Gasteiger partial charge is 0.468 e. The van der Waals surface area contributed by atoms with Gasteiger partial charge < -0.3 is 14.7 Å². The average Bonchev–Trinajstić information content (AvgIpc) is 3.22. The second kappa shape index (κ2) is 7.95. The summed E-state index contributed by atoms with van der Waals surface area (Å²) in [6.07, 6.45) is 2.91. The molecule has 32 heavy (non-hydrogen) atoms. The lowest BCUT2D eigenvalue weighted by atomic mass is 9.88. The molecule has 5 rings (SSSR count). The summed E-state index contributed by atoms with van der Waals surface area (Å²) in [5.74, 6) is -0.169. The van der Waals surface area contributed by atoms with Crippen LogP contribution in [0.1, 0.15) is 31.7 Å². The van der Waals surface area contributed by atoms with Gasteiger partial charge in [0.25, 0.3) is 5.56 Å². The predicted molar refractivity (Wildman–Crippen MR) is 127 cm³/mol. The van der Waals surface area contributed by atoms with Crippen molar-refractivity contribution in [2.45, 2.75) is 38.3 Å². The first-order chi connectivity index (χ1) is 15.5. The molecule has 1 saturated heterocycles. The fraction of sp³-hybridized carbons (Fsp3) is 0.308. The second-order valence-electron chi connectivity index (χ2n) is 8.85. The molecule has 1 atom stereocenters. The summed E-state index contributed by atoms with van der Waals surface area (Å²) in [7, 11) is 1.46. The Hall–Kier alpha value is -3.38.